The van der Waals surface area contributed by atoms with Gasteiger partial charge in [-0.3, -0.25) is 4.79 Å². The van der Waals surface area contributed by atoms with Crippen LogP contribution in [0.15, 0.2) is 24.3 Å². The van der Waals surface area contributed by atoms with Crippen molar-refractivity contribution in [3.8, 4) is 0 Å². The second kappa shape index (κ2) is 10.3. The SMILES string of the molecule is CCN1CCN(CCCCNC(=O)CCc2ccccc2N)CC1. The van der Waals surface area contributed by atoms with Gasteiger partial charge >= 0.3 is 0 Å². The number of likely N-dealkylation sites (N-methyl/N-ethyl adjacent to an activating group) is 1. The summed E-state index contributed by atoms with van der Waals surface area (Å²) in [4.78, 5) is 16.9. The largest absolute Gasteiger partial charge is 0.399 e. The lowest BCUT2D eigenvalue weighted by molar-refractivity contribution is -0.121. The Morgan fingerprint density at radius 1 is 1.12 bits per heavy atom. The number of nitrogen functional groups attached to an aromatic ring is 1. The number of piperazine rings is 1. The third kappa shape index (κ3) is 6.49. The Hall–Kier alpha value is -1.59. The molecule has 0 aliphatic carbocycles. The van der Waals surface area contributed by atoms with Crippen LogP contribution in [0.1, 0.15) is 31.7 Å². The monoisotopic (exact) mass is 332 g/mol. The van der Waals surface area contributed by atoms with Gasteiger partial charge in [0.1, 0.15) is 0 Å². The lowest BCUT2D eigenvalue weighted by atomic mass is 10.1. The zero-order chi connectivity index (χ0) is 17.2. The molecule has 1 aliphatic heterocycles. The molecule has 1 amide bonds. The maximum Gasteiger partial charge on any atom is 0.220 e. The molecule has 0 saturated carbocycles. The molecule has 0 aromatic heterocycles. The van der Waals surface area contributed by atoms with Crippen LogP contribution in [0.4, 0.5) is 5.69 Å². The van der Waals surface area contributed by atoms with Crippen molar-refractivity contribution in [2.24, 2.45) is 0 Å². The number of amides is 1. The number of nitrogens with zero attached hydrogens (tertiary/aromatic N) is 2. The Balaban J connectivity index is 1.50. The number of unbranched alkanes of at least 4 members (excludes halogenated alkanes) is 1. The predicted octanol–water partition coefficient (Wildman–Crippen LogP) is 1.74. The molecule has 1 aliphatic rings. The lowest BCUT2D eigenvalue weighted by Gasteiger charge is -2.33. The third-order valence-electron chi connectivity index (χ3n) is 4.81. The van der Waals surface area contributed by atoms with Gasteiger partial charge in [0.15, 0.2) is 0 Å². The molecule has 1 aromatic carbocycles. The van der Waals surface area contributed by atoms with E-state index >= 15 is 0 Å². The van der Waals surface area contributed by atoms with Gasteiger partial charge in [0.05, 0.1) is 0 Å². The van der Waals surface area contributed by atoms with Crippen LogP contribution in [0.3, 0.4) is 0 Å². The van der Waals surface area contributed by atoms with E-state index in [2.05, 4.69) is 22.0 Å². The highest BCUT2D eigenvalue weighted by molar-refractivity contribution is 5.76. The van der Waals surface area contributed by atoms with Crippen LogP contribution < -0.4 is 11.1 Å². The smallest absolute Gasteiger partial charge is 0.220 e. The number of para-hydroxylation sites is 1. The van der Waals surface area contributed by atoms with Crippen LogP contribution in [0.25, 0.3) is 0 Å². The Labute approximate surface area is 146 Å². The molecular weight excluding hydrogens is 300 g/mol. The second-order valence-electron chi connectivity index (χ2n) is 6.53. The van der Waals surface area contributed by atoms with E-state index in [1.54, 1.807) is 0 Å². The molecule has 24 heavy (non-hydrogen) atoms. The van der Waals surface area contributed by atoms with Gasteiger partial charge < -0.3 is 20.9 Å². The number of rotatable bonds is 9. The van der Waals surface area contributed by atoms with Crippen LogP contribution in [0.5, 0.6) is 0 Å². The zero-order valence-corrected chi connectivity index (χ0v) is 15.0. The van der Waals surface area contributed by atoms with Crippen LogP contribution in [0, 0.1) is 0 Å². The molecule has 1 fully saturated rings. The van der Waals surface area contributed by atoms with Crippen LogP contribution in [-0.4, -0.2) is 61.5 Å². The molecule has 5 heteroatoms. The number of aryl methyl sites for hydroxylation is 1. The van der Waals surface area contributed by atoms with E-state index < -0.39 is 0 Å². The number of anilines is 1. The van der Waals surface area contributed by atoms with Crippen molar-refractivity contribution < 1.29 is 4.79 Å². The molecule has 3 N–H and O–H groups in total. The molecule has 0 unspecified atom stereocenters. The standard InChI is InChI=1S/C19H32N4O/c1-2-22-13-15-23(16-14-22)12-6-5-11-21-19(24)10-9-17-7-3-4-8-18(17)20/h3-4,7-8H,2,5-6,9-16,20H2,1H3,(H,21,24). The summed E-state index contributed by atoms with van der Waals surface area (Å²) in [5.41, 5.74) is 7.72. The number of hydrogen-bond donors (Lipinski definition) is 2. The quantitative estimate of drug-likeness (QED) is 0.534. The van der Waals surface area contributed by atoms with Gasteiger partial charge in [-0.05, 0) is 44.0 Å². The third-order valence-corrected chi connectivity index (χ3v) is 4.81. The number of hydrogen-bond acceptors (Lipinski definition) is 4. The molecule has 2 rings (SSSR count). The Kier molecular flexibility index (Phi) is 8.05. The first-order valence-corrected chi connectivity index (χ1v) is 9.24. The number of benzene rings is 1. The molecule has 1 saturated heterocycles. The minimum Gasteiger partial charge on any atom is -0.399 e. The van der Waals surface area contributed by atoms with Gasteiger partial charge in [0, 0.05) is 44.8 Å². The van der Waals surface area contributed by atoms with Crippen molar-refractivity contribution >= 4 is 11.6 Å². The molecule has 134 valence electrons. The maximum atomic E-state index is 11.9. The van der Waals surface area contributed by atoms with Crippen molar-refractivity contribution in [1.29, 1.82) is 0 Å². The minimum atomic E-state index is 0.120. The van der Waals surface area contributed by atoms with Crippen molar-refractivity contribution in [2.75, 3.05) is 51.5 Å². The Morgan fingerprint density at radius 2 is 1.83 bits per heavy atom. The summed E-state index contributed by atoms with van der Waals surface area (Å²) in [6.07, 6.45) is 3.42. The van der Waals surface area contributed by atoms with Gasteiger partial charge in [0.2, 0.25) is 5.91 Å². The highest BCUT2D eigenvalue weighted by atomic mass is 16.1. The summed E-state index contributed by atoms with van der Waals surface area (Å²) < 4.78 is 0. The fourth-order valence-electron chi connectivity index (χ4n) is 3.12. The average Bonchev–Trinajstić information content (AvgIpc) is 2.61. The number of carbonyl (C=O) groups is 1. The first kappa shape index (κ1) is 18.7. The van der Waals surface area contributed by atoms with E-state index in [9.17, 15) is 4.79 Å². The summed E-state index contributed by atoms with van der Waals surface area (Å²) in [5.74, 6) is 0.120. The molecule has 0 radical (unpaired) electrons. The maximum absolute atomic E-state index is 11.9. The lowest BCUT2D eigenvalue weighted by Crippen LogP contribution is -2.46. The summed E-state index contributed by atoms with van der Waals surface area (Å²) in [7, 11) is 0. The second-order valence-corrected chi connectivity index (χ2v) is 6.53. The first-order valence-electron chi connectivity index (χ1n) is 9.24. The summed E-state index contributed by atoms with van der Waals surface area (Å²) in [6, 6.07) is 7.75. The summed E-state index contributed by atoms with van der Waals surface area (Å²) >= 11 is 0. The molecule has 5 nitrogen and oxygen atoms in total. The zero-order valence-electron chi connectivity index (χ0n) is 15.0. The van der Waals surface area contributed by atoms with Crippen LogP contribution >= 0.6 is 0 Å². The number of nitrogens with two attached hydrogens (primary N) is 1. The van der Waals surface area contributed by atoms with Gasteiger partial charge in [-0.25, -0.2) is 0 Å². The van der Waals surface area contributed by atoms with Gasteiger partial charge in [-0.1, -0.05) is 25.1 Å². The van der Waals surface area contributed by atoms with Gasteiger partial charge in [0.25, 0.3) is 0 Å². The highest BCUT2D eigenvalue weighted by Crippen LogP contribution is 2.12. The van der Waals surface area contributed by atoms with Crippen molar-refractivity contribution in [1.82, 2.24) is 15.1 Å². The van der Waals surface area contributed by atoms with Crippen molar-refractivity contribution in [3.63, 3.8) is 0 Å². The average molecular weight is 332 g/mol. The van der Waals surface area contributed by atoms with Crippen molar-refractivity contribution in [3.05, 3.63) is 29.8 Å². The van der Waals surface area contributed by atoms with E-state index in [0.717, 1.165) is 43.7 Å². The highest BCUT2D eigenvalue weighted by Gasteiger charge is 2.14. The van der Waals surface area contributed by atoms with Crippen LogP contribution in [-0.2, 0) is 11.2 Å². The Bertz CT molecular complexity index is 498. The van der Waals surface area contributed by atoms with E-state index in [1.165, 1.54) is 26.2 Å². The molecule has 0 bridgehead atoms. The van der Waals surface area contributed by atoms with E-state index in [-0.39, 0.29) is 5.91 Å². The number of nitrogens with one attached hydrogen (secondary N) is 1. The molecule has 0 atom stereocenters. The molecular formula is C19H32N4O. The fourth-order valence-corrected chi connectivity index (χ4v) is 3.12. The van der Waals surface area contributed by atoms with E-state index in [1.807, 2.05) is 24.3 Å². The van der Waals surface area contributed by atoms with Gasteiger partial charge in [-0.15, -0.1) is 0 Å². The topological polar surface area (TPSA) is 61.6 Å². The fraction of sp³-hybridized carbons (Fsp3) is 0.632. The van der Waals surface area contributed by atoms with E-state index in [0.29, 0.717) is 12.8 Å². The predicted molar refractivity (Wildman–Crippen MR) is 100.0 cm³/mol. The first-order chi connectivity index (χ1) is 11.7. The Morgan fingerprint density at radius 3 is 2.54 bits per heavy atom. The summed E-state index contributed by atoms with van der Waals surface area (Å²) in [5, 5.41) is 3.02. The summed E-state index contributed by atoms with van der Waals surface area (Å²) in [6.45, 7) is 10.0. The normalized spacial score (nSPS) is 16.2. The molecule has 1 aromatic rings. The number of carbonyl (C=O) groups excluding carboxylic acids is 1. The van der Waals surface area contributed by atoms with Crippen LogP contribution in [0.2, 0.25) is 0 Å². The molecule has 1 heterocycles. The minimum absolute atomic E-state index is 0.120. The van der Waals surface area contributed by atoms with Gasteiger partial charge in [-0.2, -0.15) is 0 Å². The van der Waals surface area contributed by atoms with Crippen molar-refractivity contribution in [2.45, 2.75) is 32.6 Å². The van der Waals surface area contributed by atoms with E-state index in [4.69, 9.17) is 5.73 Å². The molecule has 0 spiro atoms.